The fraction of sp³-hybridized carbons (Fsp3) is 0.385. The van der Waals surface area contributed by atoms with Gasteiger partial charge in [0.15, 0.2) is 0 Å². The molecule has 1 aliphatic carbocycles. The summed E-state index contributed by atoms with van der Waals surface area (Å²) in [5, 5.41) is 3.25. The van der Waals surface area contributed by atoms with Crippen LogP contribution in [0.5, 0.6) is 5.75 Å². The minimum atomic E-state index is -0.693. The number of anilines is 1. The monoisotopic (exact) mass is 298 g/mol. The molecule has 3 N–H and O–H groups in total. The third-order valence-electron chi connectivity index (χ3n) is 3.52. The van der Waals surface area contributed by atoms with Gasteiger partial charge in [-0.25, -0.2) is 0 Å². The number of halogens is 1. The average molecular weight is 299 g/mol. The highest BCUT2D eigenvalue weighted by molar-refractivity contribution is 7.80. The van der Waals surface area contributed by atoms with Crippen molar-refractivity contribution in [2.45, 2.75) is 19.3 Å². The van der Waals surface area contributed by atoms with E-state index in [0.717, 1.165) is 6.42 Å². The highest BCUT2D eigenvalue weighted by Gasteiger charge is 2.46. The Morgan fingerprint density at radius 2 is 2.21 bits per heavy atom. The maximum atomic E-state index is 12.3. The molecule has 102 valence electrons. The predicted molar refractivity (Wildman–Crippen MR) is 79.7 cm³/mol. The van der Waals surface area contributed by atoms with E-state index in [1.54, 1.807) is 18.2 Å². The van der Waals surface area contributed by atoms with Gasteiger partial charge in [-0.2, -0.15) is 0 Å². The molecule has 6 heteroatoms. The Kier molecular flexibility index (Phi) is 3.96. The summed E-state index contributed by atoms with van der Waals surface area (Å²) in [6, 6.07) is 5.07. The van der Waals surface area contributed by atoms with Crippen molar-refractivity contribution in [3.05, 3.63) is 23.2 Å². The normalized spacial score (nSPS) is 16.3. The molecular weight excluding hydrogens is 284 g/mol. The number of amides is 1. The molecule has 0 aromatic heterocycles. The fourth-order valence-electron chi connectivity index (χ4n) is 2.11. The second-order valence-corrected chi connectivity index (χ2v) is 5.45. The highest BCUT2D eigenvalue weighted by atomic mass is 35.5. The molecule has 1 saturated carbocycles. The maximum Gasteiger partial charge on any atom is 0.237 e. The van der Waals surface area contributed by atoms with Crippen molar-refractivity contribution in [2.75, 3.05) is 12.4 Å². The standard InChI is InChI=1S/C13H15ClN2O2S/c1-18-10-4-3-8(7-9(10)14)16-12(17)13(11(15)19)5-2-6-13/h3-4,7H,2,5-6H2,1H3,(H2,15,19)(H,16,17). The quantitative estimate of drug-likeness (QED) is 0.839. The zero-order valence-corrected chi connectivity index (χ0v) is 12.1. The van der Waals surface area contributed by atoms with Crippen LogP contribution in [0.3, 0.4) is 0 Å². The Morgan fingerprint density at radius 3 is 2.63 bits per heavy atom. The Hall–Kier alpha value is -1.33. The summed E-state index contributed by atoms with van der Waals surface area (Å²) in [6.45, 7) is 0. The molecule has 0 radical (unpaired) electrons. The maximum absolute atomic E-state index is 12.3. The van der Waals surface area contributed by atoms with Crippen molar-refractivity contribution in [3.63, 3.8) is 0 Å². The first-order valence-corrected chi connectivity index (χ1v) is 6.73. The van der Waals surface area contributed by atoms with Crippen LogP contribution in [0.1, 0.15) is 19.3 Å². The fourth-order valence-corrected chi connectivity index (χ4v) is 2.67. The molecule has 1 aromatic carbocycles. The number of ether oxygens (including phenoxy) is 1. The first-order valence-electron chi connectivity index (χ1n) is 5.94. The summed E-state index contributed by atoms with van der Waals surface area (Å²) in [4.78, 5) is 12.5. The second-order valence-electron chi connectivity index (χ2n) is 4.60. The van der Waals surface area contributed by atoms with Crippen molar-refractivity contribution < 1.29 is 9.53 Å². The van der Waals surface area contributed by atoms with Crippen LogP contribution in [0.15, 0.2) is 18.2 Å². The summed E-state index contributed by atoms with van der Waals surface area (Å²) >= 11 is 11.0. The van der Waals surface area contributed by atoms with Crippen LogP contribution in [0.4, 0.5) is 5.69 Å². The minimum absolute atomic E-state index is 0.160. The Bertz CT molecular complexity index is 529. The van der Waals surface area contributed by atoms with Crippen molar-refractivity contribution in [3.8, 4) is 5.75 Å². The van der Waals surface area contributed by atoms with Gasteiger partial charge in [0, 0.05) is 5.69 Å². The summed E-state index contributed by atoms with van der Waals surface area (Å²) < 4.78 is 5.06. The molecule has 0 unspecified atom stereocenters. The first-order chi connectivity index (χ1) is 8.99. The van der Waals surface area contributed by atoms with Gasteiger partial charge in [0.2, 0.25) is 5.91 Å². The summed E-state index contributed by atoms with van der Waals surface area (Å²) in [6.07, 6.45) is 2.38. The van der Waals surface area contributed by atoms with Gasteiger partial charge in [-0.1, -0.05) is 30.2 Å². The molecule has 1 aliphatic rings. The molecule has 0 heterocycles. The van der Waals surface area contributed by atoms with E-state index in [0.29, 0.717) is 29.3 Å². The lowest BCUT2D eigenvalue weighted by molar-refractivity contribution is -0.125. The van der Waals surface area contributed by atoms with E-state index in [1.807, 2.05) is 0 Å². The van der Waals surface area contributed by atoms with Crippen molar-refractivity contribution in [1.29, 1.82) is 0 Å². The Labute approximate surface area is 122 Å². The number of carbonyl (C=O) groups is 1. The third kappa shape index (κ3) is 2.53. The number of methoxy groups -OCH3 is 1. The van der Waals surface area contributed by atoms with Crippen LogP contribution < -0.4 is 15.8 Å². The van der Waals surface area contributed by atoms with Crippen molar-refractivity contribution in [1.82, 2.24) is 0 Å². The van der Waals surface area contributed by atoms with Gasteiger partial charge < -0.3 is 15.8 Å². The zero-order chi connectivity index (χ0) is 14.0. The zero-order valence-electron chi connectivity index (χ0n) is 10.5. The van der Waals surface area contributed by atoms with Crippen LogP contribution in [0.2, 0.25) is 5.02 Å². The Morgan fingerprint density at radius 1 is 1.53 bits per heavy atom. The molecule has 2 rings (SSSR count). The number of benzene rings is 1. The molecular formula is C13H15ClN2O2S. The molecule has 1 aromatic rings. The smallest absolute Gasteiger partial charge is 0.237 e. The van der Waals surface area contributed by atoms with E-state index >= 15 is 0 Å². The highest BCUT2D eigenvalue weighted by Crippen LogP contribution is 2.42. The molecule has 1 fully saturated rings. The lowest BCUT2D eigenvalue weighted by Crippen LogP contribution is -2.50. The summed E-state index contributed by atoms with van der Waals surface area (Å²) in [5.74, 6) is 0.403. The van der Waals surface area contributed by atoms with Crippen molar-refractivity contribution >= 4 is 40.4 Å². The molecule has 0 spiro atoms. The molecule has 4 nitrogen and oxygen atoms in total. The number of rotatable bonds is 4. The van der Waals surface area contributed by atoms with Crippen LogP contribution in [0, 0.1) is 5.41 Å². The van der Waals surface area contributed by atoms with Gasteiger partial charge in [-0.3, -0.25) is 4.79 Å². The van der Waals surface area contributed by atoms with Gasteiger partial charge in [0.25, 0.3) is 0 Å². The first kappa shape index (κ1) is 14.1. The number of thiocarbonyl (C=S) groups is 1. The average Bonchev–Trinajstić information content (AvgIpc) is 2.26. The predicted octanol–water partition coefficient (Wildman–Crippen LogP) is 2.74. The van der Waals surface area contributed by atoms with Crippen LogP contribution in [-0.2, 0) is 4.79 Å². The van der Waals surface area contributed by atoms with Crippen molar-refractivity contribution in [2.24, 2.45) is 11.1 Å². The van der Waals surface area contributed by atoms with Gasteiger partial charge in [0.1, 0.15) is 5.75 Å². The van der Waals surface area contributed by atoms with Crippen LogP contribution in [0.25, 0.3) is 0 Å². The third-order valence-corrected chi connectivity index (χ3v) is 4.21. The van der Waals surface area contributed by atoms with Gasteiger partial charge in [-0.05, 0) is 31.0 Å². The number of nitrogens with one attached hydrogen (secondary N) is 1. The molecule has 1 amide bonds. The number of nitrogens with two attached hydrogens (primary N) is 1. The largest absolute Gasteiger partial charge is 0.495 e. The SMILES string of the molecule is COc1ccc(NC(=O)C2(C(N)=S)CCC2)cc1Cl. The second kappa shape index (κ2) is 5.35. The summed E-state index contributed by atoms with van der Waals surface area (Å²) in [7, 11) is 1.54. The Balaban J connectivity index is 2.15. The van der Waals surface area contributed by atoms with E-state index in [2.05, 4.69) is 5.32 Å². The summed E-state index contributed by atoms with van der Waals surface area (Å²) in [5.41, 5.74) is 5.60. The lowest BCUT2D eigenvalue weighted by atomic mass is 9.68. The molecule has 19 heavy (non-hydrogen) atoms. The van der Waals surface area contributed by atoms with E-state index in [-0.39, 0.29) is 10.9 Å². The number of carbonyl (C=O) groups excluding carboxylic acids is 1. The molecule has 0 saturated heterocycles. The van der Waals surface area contributed by atoms with Gasteiger partial charge in [-0.15, -0.1) is 0 Å². The topological polar surface area (TPSA) is 64.3 Å². The molecule has 0 aliphatic heterocycles. The van der Waals surface area contributed by atoms with Crippen LogP contribution >= 0.6 is 23.8 Å². The lowest BCUT2D eigenvalue weighted by Gasteiger charge is -2.39. The van der Waals surface area contributed by atoms with Crippen LogP contribution in [-0.4, -0.2) is 18.0 Å². The minimum Gasteiger partial charge on any atom is -0.495 e. The van der Waals surface area contributed by atoms with Gasteiger partial charge >= 0.3 is 0 Å². The van der Waals surface area contributed by atoms with E-state index in [4.69, 9.17) is 34.3 Å². The molecule has 0 atom stereocenters. The number of hydrogen-bond acceptors (Lipinski definition) is 3. The molecule has 0 bridgehead atoms. The van der Waals surface area contributed by atoms with E-state index < -0.39 is 5.41 Å². The number of hydrogen-bond donors (Lipinski definition) is 2. The van der Waals surface area contributed by atoms with E-state index in [9.17, 15) is 4.79 Å². The van der Waals surface area contributed by atoms with E-state index in [1.165, 1.54) is 7.11 Å². The van der Waals surface area contributed by atoms with Gasteiger partial charge in [0.05, 0.1) is 22.5 Å².